The van der Waals surface area contributed by atoms with Crippen LogP contribution in [0, 0.1) is 0 Å². The van der Waals surface area contributed by atoms with Crippen molar-refractivity contribution in [1.29, 1.82) is 0 Å². The molecular weight excluding hydrogens is 358 g/mol. The van der Waals surface area contributed by atoms with Gasteiger partial charge in [0.1, 0.15) is 13.2 Å². The van der Waals surface area contributed by atoms with Crippen molar-refractivity contribution >= 4 is 0 Å². The molecule has 0 aromatic carbocycles. The maximum Gasteiger partial charge on any atom is 0.180 e. The third kappa shape index (κ3) is 23.2. The Hall–Kier alpha value is -0.960. The molecule has 0 bridgehead atoms. The molecule has 172 valence electrons. The molecule has 0 aliphatic heterocycles. The second kappa shape index (κ2) is 20.3. The summed E-state index contributed by atoms with van der Waals surface area (Å²) in [5, 5.41) is 0. The van der Waals surface area contributed by atoms with Crippen molar-refractivity contribution in [3.63, 3.8) is 0 Å². The van der Waals surface area contributed by atoms with E-state index in [2.05, 4.69) is 47.1 Å². The van der Waals surface area contributed by atoms with Gasteiger partial charge in [-0.15, -0.1) is 0 Å². The van der Waals surface area contributed by atoms with Crippen molar-refractivity contribution in [2.24, 2.45) is 0 Å². The summed E-state index contributed by atoms with van der Waals surface area (Å²) in [5.41, 5.74) is 0. The quantitative estimate of drug-likeness (QED) is 0.110. The first-order chi connectivity index (χ1) is 14.0. The Morgan fingerprint density at radius 1 is 0.655 bits per heavy atom. The molecule has 0 saturated heterocycles. The SMILES string of the molecule is CCCCCCCC/C=C/OCC(C[N+](C)(C)C)O/C=C/CCCCCCCC. The van der Waals surface area contributed by atoms with Gasteiger partial charge >= 0.3 is 0 Å². The molecule has 29 heavy (non-hydrogen) atoms. The third-order valence-corrected chi connectivity index (χ3v) is 5.04. The Balaban J connectivity index is 3.93. The van der Waals surface area contributed by atoms with E-state index in [0.717, 1.165) is 23.9 Å². The van der Waals surface area contributed by atoms with Crippen LogP contribution in [-0.4, -0.2) is 44.9 Å². The van der Waals surface area contributed by atoms with Gasteiger partial charge in [-0.1, -0.05) is 78.1 Å². The summed E-state index contributed by atoms with van der Waals surface area (Å²) in [7, 11) is 6.60. The Morgan fingerprint density at radius 2 is 1.14 bits per heavy atom. The molecule has 0 aliphatic carbocycles. The van der Waals surface area contributed by atoms with E-state index in [1.807, 2.05) is 12.5 Å². The zero-order valence-corrected chi connectivity index (χ0v) is 20.5. The average Bonchev–Trinajstić information content (AvgIpc) is 2.66. The first-order valence-corrected chi connectivity index (χ1v) is 12.4. The summed E-state index contributed by atoms with van der Waals surface area (Å²) in [4.78, 5) is 0. The fourth-order valence-electron chi connectivity index (χ4n) is 3.36. The molecule has 0 radical (unpaired) electrons. The Morgan fingerprint density at radius 3 is 1.66 bits per heavy atom. The van der Waals surface area contributed by atoms with Crippen molar-refractivity contribution in [2.45, 2.75) is 110 Å². The number of ether oxygens (including phenoxy) is 2. The van der Waals surface area contributed by atoms with Gasteiger partial charge in [0.05, 0.1) is 33.7 Å². The summed E-state index contributed by atoms with van der Waals surface area (Å²) < 4.78 is 12.6. The highest BCUT2D eigenvalue weighted by molar-refractivity contribution is 4.77. The third-order valence-electron chi connectivity index (χ3n) is 5.04. The van der Waals surface area contributed by atoms with E-state index in [0.29, 0.717) is 6.61 Å². The topological polar surface area (TPSA) is 18.5 Å². The number of quaternary nitrogens is 1. The summed E-state index contributed by atoms with van der Waals surface area (Å²) >= 11 is 0. The lowest BCUT2D eigenvalue weighted by Crippen LogP contribution is -2.43. The molecule has 3 nitrogen and oxygen atoms in total. The van der Waals surface area contributed by atoms with Crippen LogP contribution in [0.15, 0.2) is 24.7 Å². The van der Waals surface area contributed by atoms with E-state index in [4.69, 9.17) is 9.47 Å². The van der Waals surface area contributed by atoms with Crippen molar-refractivity contribution in [3.8, 4) is 0 Å². The van der Waals surface area contributed by atoms with E-state index < -0.39 is 0 Å². The highest BCUT2D eigenvalue weighted by Crippen LogP contribution is 2.09. The van der Waals surface area contributed by atoms with Crippen molar-refractivity contribution in [1.82, 2.24) is 0 Å². The lowest BCUT2D eigenvalue weighted by molar-refractivity contribution is -0.873. The van der Waals surface area contributed by atoms with Crippen LogP contribution < -0.4 is 0 Å². The van der Waals surface area contributed by atoms with E-state index in [-0.39, 0.29) is 6.10 Å². The van der Waals surface area contributed by atoms with Crippen LogP contribution in [0.5, 0.6) is 0 Å². The molecule has 0 fully saturated rings. The second-order valence-corrected chi connectivity index (χ2v) is 9.42. The van der Waals surface area contributed by atoms with Crippen LogP contribution in [0.1, 0.15) is 104 Å². The van der Waals surface area contributed by atoms with Crippen LogP contribution >= 0.6 is 0 Å². The van der Waals surface area contributed by atoms with Crippen LogP contribution in [-0.2, 0) is 9.47 Å². The first kappa shape index (κ1) is 28.0. The normalized spacial score (nSPS) is 13.4. The Bertz CT molecular complexity index is 385. The maximum atomic E-state index is 5.99. The molecular formula is C26H52NO2+. The first-order valence-electron chi connectivity index (χ1n) is 12.4. The number of unbranched alkanes of at least 4 members (excludes halogenated alkanes) is 12. The Labute approximate surface area is 183 Å². The zero-order valence-electron chi connectivity index (χ0n) is 20.5. The highest BCUT2D eigenvalue weighted by atomic mass is 16.5. The maximum absolute atomic E-state index is 5.99. The van der Waals surface area contributed by atoms with Gasteiger partial charge < -0.3 is 14.0 Å². The molecule has 0 saturated carbocycles. The highest BCUT2D eigenvalue weighted by Gasteiger charge is 2.18. The van der Waals surface area contributed by atoms with Gasteiger partial charge in [-0.25, -0.2) is 0 Å². The van der Waals surface area contributed by atoms with Crippen LogP contribution in [0.3, 0.4) is 0 Å². The number of hydrogen-bond donors (Lipinski definition) is 0. The largest absolute Gasteiger partial charge is 0.497 e. The van der Waals surface area contributed by atoms with Gasteiger partial charge in [0.25, 0.3) is 0 Å². The number of allylic oxidation sites excluding steroid dienone is 2. The van der Waals surface area contributed by atoms with E-state index in [1.165, 1.54) is 77.0 Å². The van der Waals surface area contributed by atoms with E-state index in [1.54, 1.807) is 0 Å². The zero-order chi connectivity index (χ0) is 21.6. The molecule has 0 heterocycles. The standard InChI is InChI=1S/C26H52NO2/c1-6-8-10-12-14-16-18-20-22-28-25-26(24-27(3,4)5)29-23-21-19-17-15-13-11-9-7-2/h20-23,26H,6-19,24-25H2,1-5H3/q+1/b22-20+,23-21+. The number of rotatable bonds is 21. The minimum Gasteiger partial charge on any atom is -0.497 e. The van der Waals surface area contributed by atoms with Crippen LogP contribution in [0.25, 0.3) is 0 Å². The number of likely N-dealkylation sites (N-methyl/N-ethyl adjacent to an activating group) is 1. The number of hydrogen-bond acceptors (Lipinski definition) is 2. The van der Waals surface area contributed by atoms with Gasteiger partial charge in [0.2, 0.25) is 0 Å². The molecule has 3 heteroatoms. The summed E-state index contributed by atoms with van der Waals surface area (Å²) in [6.45, 7) is 6.08. The molecule has 0 aromatic rings. The molecule has 1 atom stereocenters. The van der Waals surface area contributed by atoms with E-state index >= 15 is 0 Å². The van der Waals surface area contributed by atoms with Crippen LogP contribution in [0.2, 0.25) is 0 Å². The fraction of sp³-hybridized carbons (Fsp3) is 0.846. The predicted molar refractivity (Wildman–Crippen MR) is 128 cm³/mol. The Kier molecular flexibility index (Phi) is 19.6. The van der Waals surface area contributed by atoms with Crippen LogP contribution in [0.4, 0.5) is 0 Å². The lowest BCUT2D eigenvalue weighted by Gasteiger charge is -2.28. The van der Waals surface area contributed by atoms with Gasteiger partial charge in [-0.2, -0.15) is 0 Å². The molecule has 1 unspecified atom stereocenters. The average molecular weight is 411 g/mol. The molecule has 0 amide bonds. The lowest BCUT2D eigenvalue weighted by atomic mass is 10.1. The number of nitrogens with zero attached hydrogens (tertiary/aromatic N) is 1. The van der Waals surface area contributed by atoms with Gasteiger partial charge in [0.15, 0.2) is 6.10 Å². The van der Waals surface area contributed by atoms with Crippen molar-refractivity contribution in [2.75, 3.05) is 34.3 Å². The van der Waals surface area contributed by atoms with Gasteiger partial charge in [-0.05, 0) is 37.8 Å². The molecule has 0 spiro atoms. The van der Waals surface area contributed by atoms with Crippen molar-refractivity contribution in [3.05, 3.63) is 24.7 Å². The minimum absolute atomic E-state index is 0.0921. The smallest absolute Gasteiger partial charge is 0.180 e. The molecule has 0 rings (SSSR count). The fourth-order valence-corrected chi connectivity index (χ4v) is 3.36. The summed E-state index contributed by atoms with van der Waals surface area (Å²) in [5.74, 6) is 0. The van der Waals surface area contributed by atoms with Gasteiger partial charge in [-0.3, -0.25) is 0 Å². The molecule has 0 aliphatic rings. The molecule has 0 N–H and O–H groups in total. The summed E-state index contributed by atoms with van der Waals surface area (Å²) in [6, 6.07) is 0. The van der Waals surface area contributed by atoms with E-state index in [9.17, 15) is 0 Å². The van der Waals surface area contributed by atoms with Gasteiger partial charge in [0, 0.05) is 0 Å². The second-order valence-electron chi connectivity index (χ2n) is 9.42. The van der Waals surface area contributed by atoms with Crippen molar-refractivity contribution < 1.29 is 14.0 Å². The predicted octanol–water partition coefficient (Wildman–Crippen LogP) is 7.62. The monoisotopic (exact) mass is 410 g/mol. The molecule has 0 aromatic heterocycles. The summed E-state index contributed by atoms with van der Waals surface area (Å²) in [6.07, 6.45) is 26.5. The minimum atomic E-state index is 0.0921.